The molecule has 0 saturated carbocycles. The lowest BCUT2D eigenvalue weighted by atomic mass is 10.1. The Hall–Kier alpha value is -3.44. The maximum atomic E-state index is 13.5. The molecular formula is C18H14F5N5O2. The summed E-state index contributed by atoms with van der Waals surface area (Å²) in [6.45, 7) is -3.85. The van der Waals surface area contributed by atoms with Gasteiger partial charge in [0.25, 0.3) is 5.92 Å². The predicted octanol–water partition coefficient (Wildman–Crippen LogP) is 3.44. The van der Waals surface area contributed by atoms with E-state index in [-0.39, 0.29) is 31.3 Å². The molecule has 4 rings (SSSR count). The van der Waals surface area contributed by atoms with Gasteiger partial charge in [0, 0.05) is 12.1 Å². The van der Waals surface area contributed by atoms with Crippen LogP contribution in [0, 0.1) is 5.82 Å². The van der Waals surface area contributed by atoms with Crippen molar-refractivity contribution >= 4 is 5.69 Å². The second-order valence-electron chi connectivity index (χ2n) is 6.50. The summed E-state index contributed by atoms with van der Waals surface area (Å²) in [6.07, 6.45) is 2.90. The van der Waals surface area contributed by atoms with Gasteiger partial charge >= 0.3 is 6.61 Å². The Balaban J connectivity index is 1.37. The van der Waals surface area contributed by atoms with Gasteiger partial charge in [0.2, 0.25) is 5.88 Å². The lowest BCUT2D eigenvalue weighted by molar-refractivity contribution is -0.0522. The van der Waals surface area contributed by atoms with Crippen LogP contribution in [0.3, 0.4) is 0 Å². The van der Waals surface area contributed by atoms with Crippen molar-refractivity contribution in [2.45, 2.75) is 19.1 Å². The van der Waals surface area contributed by atoms with Crippen molar-refractivity contribution in [3.05, 3.63) is 54.2 Å². The van der Waals surface area contributed by atoms with Gasteiger partial charge in [-0.15, -0.1) is 5.10 Å². The minimum atomic E-state index is -3.16. The SMILES string of the molecule is Fc1ccc(-n2cc(COc3ccc(N4CC(F)(F)C4)cn3)nn2)cc1OC(F)F. The van der Waals surface area contributed by atoms with Crippen LogP contribution in [0.2, 0.25) is 0 Å². The maximum absolute atomic E-state index is 13.5. The van der Waals surface area contributed by atoms with Gasteiger partial charge in [-0.25, -0.2) is 22.8 Å². The van der Waals surface area contributed by atoms with E-state index >= 15 is 0 Å². The number of alkyl halides is 4. The molecule has 12 heteroatoms. The first kappa shape index (κ1) is 19.9. The topological polar surface area (TPSA) is 65.3 Å². The van der Waals surface area contributed by atoms with Crippen LogP contribution in [-0.2, 0) is 6.61 Å². The summed E-state index contributed by atoms with van der Waals surface area (Å²) in [6, 6.07) is 6.54. The smallest absolute Gasteiger partial charge is 0.387 e. The summed E-state index contributed by atoms with van der Waals surface area (Å²) < 4.78 is 74.9. The zero-order valence-corrected chi connectivity index (χ0v) is 15.2. The zero-order chi connectivity index (χ0) is 21.3. The van der Waals surface area contributed by atoms with Crippen molar-refractivity contribution in [3.63, 3.8) is 0 Å². The van der Waals surface area contributed by atoms with Crippen LogP contribution in [-0.4, -0.2) is 45.6 Å². The summed E-state index contributed by atoms with van der Waals surface area (Å²) in [5.41, 5.74) is 1.22. The van der Waals surface area contributed by atoms with Gasteiger partial charge in [-0.3, -0.25) is 0 Å². The Morgan fingerprint density at radius 2 is 1.87 bits per heavy atom. The average Bonchev–Trinajstić information content (AvgIpc) is 3.15. The highest BCUT2D eigenvalue weighted by Gasteiger charge is 2.43. The fourth-order valence-electron chi connectivity index (χ4n) is 2.80. The van der Waals surface area contributed by atoms with Gasteiger partial charge in [-0.1, -0.05) is 5.21 Å². The van der Waals surface area contributed by atoms with E-state index in [0.717, 1.165) is 12.1 Å². The Kier molecular flexibility index (Phi) is 5.14. The first-order chi connectivity index (χ1) is 14.3. The van der Waals surface area contributed by atoms with Crippen LogP contribution in [0.5, 0.6) is 11.6 Å². The number of benzene rings is 1. The number of pyridine rings is 1. The standard InChI is InChI=1S/C18H14F5N5O2/c19-14-3-1-12(5-15(14)30-17(20)21)28-7-11(25-26-28)8-29-16-4-2-13(6-24-16)27-9-18(22,23)10-27/h1-7,17H,8-10H2. The van der Waals surface area contributed by atoms with E-state index in [0.29, 0.717) is 11.4 Å². The number of anilines is 1. The minimum absolute atomic E-state index is 0.00425. The molecule has 1 saturated heterocycles. The quantitative estimate of drug-likeness (QED) is 0.539. The Morgan fingerprint density at radius 1 is 1.10 bits per heavy atom. The highest BCUT2D eigenvalue weighted by molar-refractivity contribution is 5.49. The molecule has 0 unspecified atom stereocenters. The molecule has 0 amide bonds. The lowest BCUT2D eigenvalue weighted by Crippen LogP contribution is -2.56. The number of aromatic nitrogens is 4. The van der Waals surface area contributed by atoms with Gasteiger partial charge in [0.05, 0.1) is 36.9 Å². The highest BCUT2D eigenvalue weighted by atomic mass is 19.3. The predicted molar refractivity (Wildman–Crippen MR) is 93.7 cm³/mol. The van der Waals surface area contributed by atoms with Crippen LogP contribution < -0.4 is 14.4 Å². The van der Waals surface area contributed by atoms with Crippen LogP contribution >= 0.6 is 0 Å². The van der Waals surface area contributed by atoms with Crippen molar-refractivity contribution < 1.29 is 31.4 Å². The van der Waals surface area contributed by atoms with Gasteiger partial charge in [-0.2, -0.15) is 8.78 Å². The fraction of sp³-hybridized carbons (Fsp3) is 0.278. The molecule has 0 aliphatic carbocycles. The van der Waals surface area contributed by atoms with Crippen LogP contribution in [0.15, 0.2) is 42.7 Å². The fourth-order valence-corrected chi connectivity index (χ4v) is 2.80. The van der Waals surface area contributed by atoms with Crippen molar-refractivity contribution in [2.24, 2.45) is 0 Å². The first-order valence-corrected chi connectivity index (χ1v) is 8.67. The summed E-state index contributed by atoms with van der Waals surface area (Å²) in [5, 5.41) is 7.73. The molecule has 2 aromatic heterocycles. The number of halogens is 5. The van der Waals surface area contributed by atoms with E-state index in [1.54, 1.807) is 12.1 Å². The van der Waals surface area contributed by atoms with Gasteiger partial charge in [-0.05, 0) is 18.2 Å². The highest BCUT2D eigenvalue weighted by Crippen LogP contribution is 2.31. The molecule has 3 aromatic rings. The third-order valence-electron chi connectivity index (χ3n) is 4.23. The van der Waals surface area contributed by atoms with Gasteiger partial charge in [0.15, 0.2) is 11.6 Å². The van der Waals surface area contributed by atoms with Crippen molar-refractivity contribution in [3.8, 4) is 17.3 Å². The summed E-state index contributed by atoms with van der Waals surface area (Å²) in [4.78, 5) is 5.56. The molecule has 30 heavy (non-hydrogen) atoms. The molecule has 7 nitrogen and oxygen atoms in total. The van der Waals surface area contributed by atoms with Crippen LogP contribution in [0.1, 0.15) is 5.69 Å². The van der Waals surface area contributed by atoms with Crippen LogP contribution in [0.4, 0.5) is 27.6 Å². The molecule has 0 bridgehead atoms. The molecule has 1 fully saturated rings. The zero-order valence-electron chi connectivity index (χ0n) is 15.2. The largest absolute Gasteiger partial charge is 0.471 e. The number of rotatable bonds is 7. The molecule has 1 aliphatic heterocycles. The lowest BCUT2D eigenvalue weighted by Gasteiger charge is -2.40. The Labute approximate surface area is 166 Å². The molecule has 0 spiro atoms. The van der Waals surface area contributed by atoms with E-state index < -0.39 is 24.1 Å². The molecule has 1 aliphatic rings. The van der Waals surface area contributed by atoms with E-state index in [9.17, 15) is 22.0 Å². The average molecular weight is 427 g/mol. The summed E-state index contributed by atoms with van der Waals surface area (Å²) >= 11 is 0. The van der Waals surface area contributed by atoms with Gasteiger partial charge < -0.3 is 14.4 Å². The molecule has 3 heterocycles. The summed E-state index contributed by atoms with van der Waals surface area (Å²) in [5.74, 6) is -3.95. The Bertz CT molecular complexity index is 1020. The molecule has 0 atom stereocenters. The molecular weight excluding hydrogens is 413 g/mol. The third-order valence-corrected chi connectivity index (χ3v) is 4.23. The number of ether oxygens (including phenoxy) is 2. The summed E-state index contributed by atoms with van der Waals surface area (Å²) in [7, 11) is 0. The van der Waals surface area contributed by atoms with E-state index in [1.807, 2.05) is 0 Å². The monoisotopic (exact) mass is 427 g/mol. The number of hydrogen-bond donors (Lipinski definition) is 0. The van der Waals surface area contributed by atoms with E-state index in [2.05, 4.69) is 20.0 Å². The molecule has 0 N–H and O–H groups in total. The third kappa shape index (κ3) is 4.42. The van der Waals surface area contributed by atoms with Crippen LogP contribution in [0.25, 0.3) is 5.69 Å². The first-order valence-electron chi connectivity index (χ1n) is 8.67. The maximum Gasteiger partial charge on any atom is 0.387 e. The normalized spacial score (nSPS) is 15.2. The minimum Gasteiger partial charge on any atom is -0.471 e. The van der Waals surface area contributed by atoms with Crippen molar-refractivity contribution in [1.29, 1.82) is 0 Å². The van der Waals surface area contributed by atoms with E-state index in [1.165, 1.54) is 28.0 Å². The molecule has 0 radical (unpaired) electrons. The molecule has 158 valence electrons. The van der Waals surface area contributed by atoms with Crippen molar-refractivity contribution in [2.75, 3.05) is 18.0 Å². The number of nitrogens with zero attached hydrogens (tertiary/aromatic N) is 5. The molecule has 1 aromatic carbocycles. The second-order valence-corrected chi connectivity index (χ2v) is 6.50. The Morgan fingerprint density at radius 3 is 2.53 bits per heavy atom. The van der Waals surface area contributed by atoms with Gasteiger partial charge in [0.1, 0.15) is 12.3 Å². The van der Waals surface area contributed by atoms with E-state index in [4.69, 9.17) is 4.74 Å². The van der Waals surface area contributed by atoms with Crippen molar-refractivity contribution in [1.82, 2.24) is 20.0 Å². The second kappa shape index (κ2) is 7.76. The number of hydrogen-bond acceptors (Lipinski definition) is 6.